The highest BCUT2D eigenvalue weighted by molar-refractivity contribution is 7.47. The third-order valence-electron chi connectivity index (χ3n) is 13.7. The number of aliphatic hydroxyl groups is 1. The highest BCUT2D eigenvalue weighted by atomic mass is 31.2. The Morgan fingerprint density at radius 1 is 0.382 bits per heavy atom. The van der Waals surface area contributed by atoms with Gasteiger partial charge in [-0.2, -0.15) is 0 Å². The number of phosphoric acid groups is 1. The largest absolute Gasteiger partial charge is 0.472 e. The summed E-state index contributed by atoms with van der Waals surface area (Å²) in [6, 6.07) is 0. The van der Waals surface area contributed by atoms with Crippen molar-refractivity contribution in [1.82, 2.24) is 0 Å². The summed E-state index contributed by atoms with van der Waals surface area (Å²) in [6.45, 7) is 4.57. The van der Waals surface area contributed by atoms with Crippen LogP contribution in [0, 0.1) is 0 Å². The van der Waals surface area contributed by atoms with Crippen molar-refractivity contribution in [3.05, 3.63) is 48.6 Å². The van der Waals surface area contributed by atoms with Crippen molar-refractivity contribution in [2.24, 2.45) is 0 Å². The standard InChI is InChI=1S/C64H117O11P/c1-4-7-10-13-16-19-22-25-27-29-30-32-34-37-40-43-46-49-52-55-64(68)75-61(57-71-62(66)53-50-47-44-41-38-35-24-21-18-15-12-9-6-3)59-73-76(69,70)72-58-60(56-65)74-63(67)54-51-48-45-42-39-36-33-31-28-26-23-20-17-14-11-8-5-2/h8,11,17,20,25-28,60-61,65H,4-7,9-10,12-16,18-19,21-24,29-59H2,1-3H3,(H,69,70)/b11-8-,20-17-,27-25-,28-26-. The maximum Gasteiger partial charge on any atom is 0.472 e. The molecule has 0 saturated carbocycles. The van der Waals surface area contributed by atoms with E-state index in [4.69, 9.17) is 23.3 Å². The molecule has 3 unspecified atom stereocenters. The topological polar surface area (TPSA) is 155 Å². The lowest BCUT2D eigenvalue weighted by molar-refractivity contribution is -0.161. The van der Waals surface area contributed by atoms with Gasteiger partial charge in [0.25, 0.3) is 0 Å². The maximum absolute atomic E-state index is 12.9. The van der Waals surface area contributed by atoms with Crippen LogP contribution in [0.15, 0.2) is 48.6 Å². The fourth-order valence-electron chi connectivity index (χ4n) is 8.96. The van der Waals surface area contributed by atoms with Crippen molar-refractivity contribution in [2.75, 3.05) is 26.4 Å². The average molecular weight is 1090 g/mol. The van der Waals surface area contributed by atoms with Crippen LogP contribution in [0.25, 0.3) is 0 Å². The molecular formula is C64H117O11P. The smallest absolute Gasteiger partial charge is 0.462 e. The van der Waals surface area contributed by atoms with Gasteiger partial charge in [0.2, 0.25) is 0 Å². The normalized spacial score (nSPS) is 13.6. The van der Waals surface area contributed by atoms with E-state index in [-0.39, 0.29) is 25.9 Å². The summed E-state index contributed by atoms with van der Waals surface area (Å²) < 4.78 is 39.6. The van der Waals surface area contributed by atoms with Crippen molar-refractivity contribution in [1.29, 1.82) is 0 Å². The molecule has 0 aliphatic heterocycles. The summed E-state index contributed by atoms with van der Waals surface area (Å²) >= 11 is 0. The SMILES string of the molecule is CC/C=C\C/C=C\C/C=C\CCCCCCCCCC(=O)OC(CO)COP(=O)(O)OCC(COC(=O)CCCCCCCCCCCCCCC)OC(=O)CCCCCCCCCCC/C=C\CCCCCCCC. The van der Waals surface area contributed by atoms with E-state index in [1.165, 1.54) is 154 Å². The number of ether oxygens (including phenoxy) is 3. The van der Waals surface area contributed by atoms with Crippen molar-refractivity contribution in [3.8, 4) is 0 Å². The van der Waals surface area contributed by atoms with E-state index in [1.807, 2.05) is 0 Å². The number of carbonyl (C=O) groups excluding carboxylic acids is 3. The molecule has 0 radical (unpaired) electrons. The van der Waals surface area contributed by atoms with Gasteiger partial charge in [-0.15, -0.1) is 0 Å². The van der Waals surface area contributed by atoms with E-state index in [1.54, 1.807) is 0 Å². The summed E-state index contributed by atoms with van der Waals surface area (Å²) in [5, 5.41) is 9.84. The summed E-state index contributed by atoms with van der Waals surface area (Å²) in [5.74, 6) is -1.45. The van der Waals surface area contributed by atoms with Crippen molar-refractivity contribution in [3.63, 3.8) is 0 Å². The minimum Gasteiger partial charge on any atom is -0.462 e. The third-order valence-corrected chi connectivity index (χ3v) is 14.7. The zero-order valence-corrected chi connectivity index (χ0v) is 50.1. The van der Waals surface area contributed by atoms with Crippen molar-refractivity contribution >= 4 is 25.7 Å². The Morgan fingerprint density at radius 3 is 1.07 bits per heavy atom. The molecule has 0 rings (SSSR count). The molecule has 0 fully saturated rings. The lowest BCUT2D eigenvalue weighted by Gasteiger charge is -2.21. The van der Waals surface area contributed by atoms with Gasteiger partial charge in [0.1, 0.15) is 12.7 Å². The van der Waals surface area contributed by atoms with Crippen LogP contribution in [0.1, 0.15) is 303 Å². The van der Waals surface area contributed by atoms with Gasteiger partial charge < -0.3 is 24.2 Å². The van der Waals surface area contributed by atoms with Crippen LogP contribution in [-0.2, 0) is 42.2 Å². The number of allylic oxidation sites excluding steroid dienone is 8. The molecule has 3 atom stereocenters. The first kappa shape index (κ1) is 73.4. The number of phosphoric ester groups is 1. The summed E-state index contributed by atoms with van der Waals surface area (Å²) in [4.78, 5) is 48.7. The van der Waals surface area contributed by atoms with Crippen LogP contribution in [-0.4, -0.2) is 66.5 Å². The monoisotopic (exact) mass is 1090 g/mol. The molecule has 0 amide bonds. The van der Waals surface area contributed by atoms with Crippen LogP contribution in [0.5, 0.6) is 0 Å². The average Bonchev–Trinajstić information content (AvgIpc) is 3.41. The Bertz CT molecular complexity index is 1460. The number of aliphatic hydroxyl groups excluding tert-OH is 1. The van der Waals surface area contributed by atoms with Crippen LogP contribution < -0.4 is 0 Å². The van der Waals surface area contributed by atoms with Gasteiger partial charge in [-0.05, 0) is 77.0 Å². The molecule has 0 saturated heterocycles. The fraction of sp³-hybridized carbons (Fsp3) is 0.828. The summed E-state index contributed by atoms with van der Waals surface area (Å²) in [6.07, 6.45) is 63.4. The van der Waals surface area contributed by atoms with Gasteiger partial charge in [0.05, 0.1) is 19.8 Å². The number of hydrogen-bond donors (Lipinski definition) is 2. The molecule has 0 aliphatic carbocycles. The molecule has 0 aromatic heterocycles. The Balaban J connectivity index is 4.65. The fourth-order valence-corrected chi connectivity index (χ4v) is 9.74. The summed E-state index contributed by atoms with van der Waals surface area (Å²) in [7, 11) is -4.75. The van der Waals surface area contributed by atoms with Gasteiger partial charge in [-0.25, -0.2) is 4.57 Å². The van der Waals surface area contributed by atoms with Gasteiger partial charge in [-0.1, -0.05) is 256 Å². The predicted octanol–water partition coefficient (Wildman–Crippen LogP) is 18.9. The number of esters is 3. The van der Waals surface area contributed by atoms with E-state index in [2.05, 4.69) is 69.4 Å². The quantitative estimate of drug-likeness (QED) is 0.0197. The number of unbranched alkanes of at least 4 members (excludes halogenated alkanes) is 34. The second-order valence-electron chi connectivity index (χ2n) is 21.2. The second-order valence-corrected chi connectivity index (χ2v) is 22.7. The molecule has 0 aromatic rings. The van der Waals surface area contributed by atoms with Crippen LogP contribution in [0.2, 0.25) is 0 Å². The Hall–Kier alpha value is -2.56. The van der Waals surface area contributed by atoms with Crippen LogP contribution >= 0.6 is 7.82 Å². The highest BCUT2D eigenvalue weighted by Crippen LogP contribution is 2.43. The lowest BCUT2D eigenvalue weighted by atomic mass is 10.0. The third kappa shape index (κ3) is 56.2. The van der Waals surface area contributed by atoms with Gasteiger partial charge in [0.15, 0.2) is 6.10 Å². The van der Waals surface area contributed by atoms with E-state index >= 15 is 0 Å². The minimum atomic E-state index is -4.75. The minimum absolute atomic E-state index is 0.168. The molecule has 12 heteroatoms. The molecule has 0 aliphatic rings. The number of hydrogen-bond acceptors (Lipinski definition) is 10. The first-order valence-corrected chi connectivity index (χ1v) is 33.0. The maximum atomic E-state index is 12.9. The number of carbonyl (C=O) groups is 3. The van der Waals surface area contributed by atoms with E-state index in [0.717, 1.165) is 89.9 Å². The van der Waals surface area contributed by atoms with E-state index < -0.39 is 57.8 Å². The molecule has 0 spiro atoms. The summed E-state index contributed by atoms with van der Waals surface area (Å²) in [5.41, 5.74) is 0. The van der Waals surface area contributed by atoms with Gasteiger partial charge in [-0.3, -0.25) is 23.4 Å². The van der Waals surface area contributed by atoms with E-state index in [0.29, 0.717) is 19.3 Å². The molecular weight excluding hydrogens is 976 g/mol. The molecule has 0 heterocycles. The lowest BCUT2D eigenvalue weighted by Crippen LogP contribution is -2.30. The first-order valence-electron chi connectivity index (χ1n) is 31.5. The van der Waals surface area contributed by atoms with Crippen LogP contribution in [0.4, 0.5) is 0 Å². The zero-order chi connectivity index (χ0) is 55.5. The number of rotatable bonds is 59. The molecule has 444 valence electrons. The van der Waals surface area contributed by atoms with Crippen LogP contribution in [0.3, 0.4) is 0 Å². The molecule has 2 N–H and O–H groups in total. The van der Waals surface area contributed by atoms with E-state index in [9.17, 15) is 28.9 Å². The predicted molar refractivity (Wildman–Crippen MR) is 316 cm³/mol. The molecule has 0 aromatic carbocycles. The van der Waals surface area contributed by atoms with Crippen molar-refractivity contribution < 1.29 is 52.2 Å². The second kappa shape index (κ2) is 58.6. The Labute approximate surface area is 466 Å². The molecule has 76 heavy (non-hydrogen) atoms. The zero-order valence-electron chi connectivity index (χ0n) is 49.2. The molecule has 11 nitrogen and oxygen atoms in total. The van der Waals surface area contributed by atoms with Crippen molar-refractivity contribution in [2.45, 2.75) is 315 Å². The Kier molecular flexibility index (Phi) is 56.6. The Morgan fingerprint density at radius 2 is 0.684 bits per heavy atom. The molecule has 0 bridgehead atoms. The van der Waals surface area contributed by atoms with Gasteiger partial charge in [0, 0.05) is 19.3 Å². The first-order chi connectivity index (χ1) is 37.2. The van der Waals surface area contributed by atoms with Gasteiger partial charge >= 0.3 is 25.7 Å². The highest BCUT2D eigenvalue weighted by Gasteiger charge is 2.28.